The SMILES string of the molecule is Cc1cc(C=C2C(=O)NC(=O)N(c3ccccc3F)C2=O)c(C)n1-c1cccc([N+](=O)[O-])c1. The number of hydrogen-bond donors (Lipinski definition) is 1. The molecular weight excluding hydrogens is 431 g/mol. The van der Waals surface area contributed by atoms with Gasteiger partial charge in [-0.15, -0.1) is 0 Å². The molecule has 0 spiro atoms. The molecule has 10 heteroatoms. The third-order valence-corrected chi connectivity index (χ3v) is 5.26. The summed E-state index contributed by atoms with van der Waals surface area (Å²) in [6.07, 6.45) is 1.31. The van der Waals surface area contributed by atoms with Crippen LogP contribution in [0.5, 0.6) is 0 Å². The Bertz CT molecular complexity index is 1370. The van der Waals surface area contributed by atoms with E-state index in [2.05, 4.69) is 5.32 Å². The van der Waals surface area contributed by atoms with E-state index in [4.69, 9.17) is 0 Å². The van der Waals surface area contributed by atoms with Crippen molar-refractivity contribution in [1.82, 2.24) is 9.88 Å². The number of carbonyl (C=O) groups is 3. The van der Waals surface area contributed by atoms with Crippen molar-refractivity contribution in [2.24, 2.45) is 0 Å². The van der Waals surface area contributed by atoms with Gasteiger partial charge in [-0.25, -0.2) is 14.1 Å². The molecule has 1 aliphatic rings. The first-order chi connectivity index (χ1) is 15.7. The highest BCUT2D eigenvalue weighted by molar-refractivity contribution is 6.39. The molecule has 4 amide bonds. The highest BCUT2D eigenvalue weighted by Gasteiger charge is 2.38. The number of benzene rings is 2. The van der Waals surface area contributed by atoms with Crippen LogP contribution < -0.4 is 10.2 Å². The first-order valence-electron chi connectivity index (χ1n) is 9.79. The van der Waals surface area contributed by atoms with Crippen molar-refractivity contribution in [2.45, 2.75) is 13.8 Å². The third kappa shape index (κ3) is 3.78. The van der Waals surface area contributed by atoms with Gasteiger partial charge in [-0.1, -0.05) is 18.2 Å². The summed E-state index contributed by atoms with van der Waals surface area (Å²) in [4.78, 5) is 49.0. The fourth-order valence-electron chi connectivity index (χ4n) is 3.74. The van der Waals surface area contributed by atoms with Gasteiger partial charge in [0, 0.05) is 23.5 Å². The molecule has 166 valence electrons. The van der Waals surface area contributed by atoms with Crippen LogP contribution in [0.25, 0.3) is 11.8 Å². The molecule has 3 aromatic rings. The summed E-state index contributed by atoms with van der Waals surface area (Å²) in [5.74, 6) is -2.66. The van der Waals surface area contributed by atoms with Crippen LogP contribution in [0.1, 0.15) is 17.0 Å². The number of imide groups is 2. The van der Waals surface area contributed by atoms with E-state index in [0.717, 1.165) is 6.07 Å². The Labute approximate surface area is 186 Å². The Balaban J connectivity index is 1.78. The quantitative estimate of drug-likeness (QED) is 0.282. The summed E-state index contributed by atoms with van der Waals surface area (Å²) < 4.78 is 16.0. The summed E-state index contributed by atoms with van der Waals surface area (Å²) >= 11 is 0. The maximum Gasteiger partial charge on any atom is 0.336 e. The lowest BCUT2D eigenvalue weighted by Crippen LogP contribution is -2.54. The number of urea groups is 1. The maximum absolute atomic E-state index is 14.2. The fraction of sp³-hybridized carbons (Fsp3) is 0.0870. The molecule has 0 bridgehead atoms. The third-order valence-electron chi connectivity index (χ3n) is 5.26. The molecule has 0 radical (unpaired) electrons. The van der Waals surface area contributed by atoms with E-state index < -0.39 is 28.6 Å². The van der Waals surface area contributed by atoms with Gasteiger partial charge in [0.05, 0.1) is 16.3 Å². The van der Waals surface area contributed by atoms with Crippen LogP contribution in [0.4, 0.5) is 20.6 Å². The lowest BCUT2D eigenvalue weighted by molar-refractivity contribution is -0.384. The predicted molar refractivity (Wildman–Crippen MR) is 117 cm³/mol. The van der Waals surface area contributed by atoms with Crippen molar-refractivity contribution in [3.63, 3.8) is 0 Å². The van der Waals surface area contributed by atoms with E-state index in [1.165, 1.54) is 36.4 Å². The molecule has 0 saturated carbocycles. The molecular formula is C23H17FN4O5. The number of nitro groups is 1. The zero-order valence-electron chi connectivity index (χ0n) is 17.5. The first-order valence-corrected chi connectivity index (χ1v) is 9.79. The van der Waals surface area contributed by atoms with Crippen molar-refractivity contribution >= 4 is 35.3 Å². The topological polar surface area (TPSA) is 115 Å². The van der Waals surface area contributed by atoms with Gasteiger partial charge in [-0.2, -0.15) is 0 Å². The molecule has 1 fully saturated rings. The summed E-state index contributed by atoms with van der Waals surface area (Å²) in [7, 11) is 0. The van der Waals surface area contributed by atoms with E-state index in [1.807, 2.05) is 0 Å². The van der Waals surface area contributed by atoms with Gasteiger partial charge in [0.2, 0.25) is 0 Å². The normalized spacial score (nSPS) is 15.2. The van der Waals surface area contributed by atoms with Crippen LogP contribution in [0.3, 0.4) is 0 Å². The number of hydrogen-bond acceptors (Lipinski definition) is 5. The average molecular weight is 448 g/mol. The first kappa shape index (κ1) is 21.6. The number of rotatable bonds is 4. The summed E-state index contributed by atoms with van der Waals surface area (Å²) in [6.45, 7) is 3.50. The minimum Gasteiger partial charge on any atom is -0.318 e. The molecule has 1 N–H and O–H groups in total. The van der Waals surface area contributed by atoms with E-state index in [-0.39, 0.29) is 16.9 Å². The van der Waals surface area contributed by atoms with Crippen LogP contribution in [0.15, 0.2) is 60.2 Å². The molecule has 4 rings (SSSR count). The number of aryl methyl sites for hydroxylation is 1. The van der Waals surface area contributed by atoms with Crippen molar-refractivity contribution < 1.29 is 23.7 Å². The molecule has 0 atom stereocenters. The zero-order valence-corrected chi connectivity index (χ0v) is 17.5. The number of nitro benzene ring substituents is 1. The second kappa shape index (κ2) is 8.15. The minimum absolute atomic E-state index is 0.0826. The predicted octanol–water partition coefficient (Wildman–Crippen LogP) is 3.81. The number of anilines is 1. The molecule has 1 saturated heterocycles. The standard InChI is InChI=1S/C23H17FN4O5/c1-13-10-15(14(2)26(13)16-6-5-7-17(12-16)28(32)33)11-18-21(29)25-23(31)27(22(18)30)20-9-4-3-8-19(20)24/h3-12H,1-2H3,(H,25,29,31). The summed E-state index contributed by atoms with van der Waals surface area (Å²) in [6, 6.07) is 11.9. The van der Waals surface area contributed by atoms with Crippen LogP contribution >= 0.6 is 0 Å². The van der Waals surface area contributed by atoms with Crippen molar-refractivity contribution in [1.29, 1.82) is 0 Å². The van der Waals surface area contributed by atoms with Crippen LogP contribution in [-0.2, 0) is 9.59 Å². The van der Waals surface area contributed by atoms with E-state index in [0.29, 0.717) is 27.5 Å². The highest BCUT2D eigenvalue weighted by atomic mass is 19.1. The highest BCUT2D eigenvalue weighted by Crippen LogP contribution is 2.28. The van der Waals surface area contributed by atoms with Gasteiger partial charge >= 0.3 is 6.03 Å². The minimum atomic E-state index is -1.05. The number of barbiturate groups is 1. The van der Waals surface area contributed by atoms with Crippen LogP contribution in [-0.4, -0.2) is 27.3 Å². The Kier molecular flexibility index (Phi) is 5.34. The number of para-hydroxylation sites is 1. The average Bonchev–Trinajstić information content (AvgIpc) is 3.05. The van der Waals surface area contributed by atoms with Crippen molar-refractivity contribution in [3.05, 3.63) is 93.1 Å². The number of carbonyl (C=O) groups excluding carboxylic acids is 3. The van der Waals surface area contributed by atoms with Gasteiger partial charge in [0.15, 0.2) is 0 Å². The largest absolute Gasteiger partial charge is 0.336 e. The van der Waals surface area contributed by atoms with E-state index in [9.17, 15) is 28.9 Å². The van der Waals surface area contributed by atoms with Gasteiger partial charge in [0.1, 0.15) is 11.4 Å². The van der Waals surface area contributed by atoms with Gasteiger partial charge in [-0.3, -0.25) is 25.0 Å². The monoisotopic (exact) mass is 448 g/mol. The Morgan fingerprint density at radius 3 is 2.45 bits per heavy atom. The number of aromatic nitrogens is 1. The second-order valence-corrected chi connectivity index (χ2v) is 7.35. The molecule has 0 unspecified atom stereocenters. The molecule has 2 heterocycles. The number of amides is 4. The smallest absolute Gasteiger partial charge is 0.318 e. The second-order valence-electron chi connectivity index (χ2n) is 7.35. The van der Waals surface area contributed by atoms with Crippen molar-refractivity contribution in [2.75, 3.05) is 4.90 Å². The molecule has 0 aliphatic carbocycles. The number of nitrogens with zero attached hydrogens (tertiary/aromatic N) is 3. The maximum atomic E-state index is 14.2. The summed E-state index contributed by atoms with van der Waals surface area (Å²) in [5.41, 5.74) is 1.62. The molecule has 1 aromatic heterocycles. The summed E-state index contributed by atoms with van der Waals surface area (Å²) in [5, 5.41) is 13.2. The van der Waals surface area contributed by atoms with Gasteiger partial charge < -0.3 is 4.57 Å². The van der Waals surface area contributed by atoms with Crippen LogP contribution in [0, 0.1) is 29.8 Å². The fourth-order valence-corrected chi connectivity index (χ4v) is 3.74. The van der Waals surface area contributed by atoms with Gasteiger partial charge in [0.25, 0.3) is 17.5 Å². The molecule has 33 heavy (non-hydrogen) atoms. The Morgan fingerprint density at radius 2 is 1.76 bits per heavy atom. The molecule has 9 nitrogen and oxygen atoms in total. The van der Waals surface area contributed by atoms with Crippen molar-refractivity contribution in [3.8, 4) is 5.69 Å². The lowest BCUT2D eigenvalue weighted by atomic mass is 10.1. The Hall–Kier alpha value is -4.60. The number of nitrogens with one attached hydrogen (secondary N) is 1. The van der Waals surface area contributed by atoms with E-state index in [1.54, 1.807) is 36.6 Å². The van der Waals surface area contributed by atoms with Crippen LogP contribution in [0.2, 0.25) is 0 Å². The lowest BCUT2D eigenvalue weighted by Gasteiger charge is -2.26. The van der Waals surface area contributed by atoms with E-state index >= 15 is 0 Å². The molecule has 2 aromatic carbocycles. The number of halogens is 1. The number of non-ortho nitro benzene ring substituents is 1. The Morgan fingerprint density at radius 1 is 1.03 bits per heavy atom. The van der Waals surface area contributed by atoms with Gasteiger partial charge in [-0.05, 0) is 49.8 Å². The molecule has 1 aliphatic heterocycles. The zero-order chi connectivity index (χ0) is 23.9.